The number of hydrogen-bond acceptors (Lipinski definition) is 4. The fraction of sp³-hybridized carbons (Fsp3) is 0.500. The predicted molar refractivity (Wildman–Crippen MR) is 78.5 cm³/mol. The Morgan fingerprint density at radius 2 is 2.29 bits per heavy atom. The van der Waals surface area contributed by atoms with E-state index >= 15 is 0 Å². The lowest BCUT2D eigenvalue weighted by Gasteiger charge is -2.22. The van der Waals surface area contributed by atoms with Gasteiger partial charge < -0.3 is 15.7 Å². The highest BCUT2D eigenvalue weighted by Gasteiger charge is 2.23. The van der Waals surface area contributed by atoms with Crippen LogP contribution in [0.5, 0.6) is 0 Å². The van der Waals surface area contributed by atoms with Gasteiger partial charge in [0.15, 0.2) is 0 Å². The molecule has 0 aliphatic carbocycles. The number of nitrogens with one attached hydrogen (secondary N) is 2. The minimum Gasteiger partial charge on any atom is -0.477 e. The molecule has 2 heterocycles. The Balaban J connectivity index is 1.80. The number of carbonyl (C=O) groups is 2. The van der Waals surface area contributed by atoms with Gasteiger partial charge in [0.05, 0.1) is 11.9 Å². The summed E-state index contributed by atoms with van der Waals surface area (Å²) in [6.45, 7) is 4.81. The first-order chi connectivity index (χ1) is 10.1. The van der Waals surface area contributed by atoms with Crippen LogP contribution in [0.25, 0.3) is 0 Å². The van der Waals surface area contributed by atoms with Gasteiger partial charge in [0.1, 0.15) is 5.69 Å². The number of anilines is 1. The van der Waals surface area contributed by atoms with Gasteiger partial charge in [0, 0.05) is 12.6 Å². The van der Waals surface area contributed by atoms with Gasteiger partial charge in [-0.25, -0.2) is 14.6 Å². The highest BCUT2D eigenvalue weighted by Crippen LogP contribution is 2.15. The Bertz CT molecular complexity index is 503. The summed E-state index contributed by atoms with van der Waals surface area (Å²) in [6, 6.07) is 2.97. The first-order valence-electron chi connectivity index (χ1n) is 7.08. The van der Waals surface area contributed by atoms with Crippen molar-refractivity contribution in [3.63, 3.8) is 0 Å². The van der Waals surface area contributed by atoms with E-state index in [4.69, 9.17) is 5.11 Å². The number of urea groups is 1. The number of carboxylic acid groups (broad SMARTS) is 1. The molecule has 1 unspecified atom stereocenters. The standard InChI is InChI=1S/C14H20N4O3/c1-2-18-7-3-4-11(18)9-16-14(21)17-10-5-6-12(13(19)20)15-8-10/h5-6,8,11H,2-4,7,9H2,1H3,(H,19,20)(H2,16,17,21). The number of likely N-dealkylation sites (N-methyl/N-ethyl adjacent to an activating group) is 1. The number of likely N-dealkylation sites (tertiary alicyclic amines) is 1. The third kappa shape index (κ3) is 4.16. The molecule has 0 aromatic carbocycles. The summed E-state index contributed by atoms with van der Waals surface area (Å²) < 4.78 is 0. The van der Waals surface area contributed by atoms with E-state index in [-0.39, 0.29) is 11.7 Å². The van der Waals surface area contributed by atoms with Crippen LogP contribution in [0, 0.1) is 0 Å². The summed E-state index contributed by atoms with van der Waals surface area (Å²) in [5, 5.41) is 14.2. The summed E-state index contributed by atoms with van der Waals surface area (Å²) in [4.78, 5) is 28.6. The molecule has 21 heavy (non-hydrogen) atoms. The number of rotatable bonds is 5. The Labute approximate surface area is 123 Å². The molecule has 0 spiro atoms. The average molecular weight is 292 g/mol. The average Bonchev–Trinajstić information content (AvgIpc) is 2.93. The first kappa shape index (κ1) is 15.2. The third-order valence-electron chi connectivity index (χ3n) is 3.64. The molecule has 1 fully saturated rings. The smallest absolute Gasteiger partial charge is 0.354 e. The summed E-state index contributed by atoms with van der Waals surface area (Å²) in [6.07, 6.45) is 3.60. The number of hydrogen-bond donors (Lipinski definition) is 3. The van der Waals surface area contributed by atoms with Gasteiger partial charge in [-0.1, -0.05) is 6.92 Å². The molecule has 2 amide bonds. The fourth-order valence-electron chi connectivity index (χ4n) is 2.52. The Morgan fingerprint density at radius 1 is 1.48 bits per heavy atom. The molecule has 1 aromatic rings. The molecular formula is C14H20N4O3. The largest absolute Gasteiger partial charge is 0.477 e. The van der Waals surface area contributed by atoms with Crippen molar-refractivity contribution >= 4 is 17.7 Å². The van der Waals surface area contributed by atoms with Gasteiger partial charge in [-0.3, -0.25) is 4.90 Å². The number of carboxylic acids is 1. The Morgan fingerprint density at radius 3 is 2.90 bits per heavy atom. The highest BCUT2D eigenvalue weighted by molar-refractivity contribution is 5.90. The molecule has 1 aromatic heterocycles. The van der Waals surface area contributed by atoms with E-state index in [9.17, 15) is 9.59 Å². The third-order valence-corrected chi connectivity index (χ3v) is 3.64. The van der Waals surface area contributed by atoms with Crippen molar-refractivity contribution in [3.05, 3.63) is 24.0 Å². The van der Waals surface area contributed by atoms with Crippen LogP contribution in [0.2, 0.25) is 0 Å². The molecule has 3 N–H and O–H groups in total. The SMILES string of the molecule is CCN1CCCC1CNC(=O)Nc1ccc(C(=O)O)nc1. The van der Waals surface area contributed by atoms with Crippen molar-refractivity contribution < 1.29 is 14.7 Å². The lowest BCUT2D eigenvalue weighted by Crippen LogP contribution is -2.41. The molecule has 0 bridgehead atoms. The van der Waals surface area contributed by atoms with Crippen molar-refractivity contribution in [2.24, 2.45) is 0 Å². The van der Waals surface area contributed by atoms with Crippen molar-refractivity contribution in [1.29, 1.82) is 0 Å². The van der Waals surface area contributed by atoms with Crippen LogP contribution in [0.4, 0.5) is 10.5 Å². The second-order valence-corrected chi connectivity index (χ2v) is 5.00. The molecule has 1 aliphatic heterocycles. The highest BCUT2D eigenvalue weighted by atomic mass is 16.4. The minimum atomic E-state index is -1.09. The molecular weight excluding hydrogens is 272 g/mol. The van der Waals surface area contributed by atoms with Gasteiger partial charge in [-0.15, -0.1) is 0 Å². The number of aromatic carboxylic acids is 1. The number of nitrogens with zero attached hydrogens (tertiary/aromatic N) is 2. The monoisotopic (exact) mass is 292 g/mol. The van der Waals surface area contributed by atoms with Crippen LogP contribution in [-0.2, 0) is 0 Å². The Hall–Kier alpha value is -2.15. The van der Waals surface area contributed by atoms with Gasteiger partial charge >= 0.3 is 12.0 Å². The predicted octanol–water partition coefficient (Wildman–Crippen LogP) is 1.39. The molecule has 1 saturated heterocycles. The number of aromatic nitrogens is 1. The normalized spacial score (nSPS) is 18.4. The van der Waals surface area contributed by atoms with Gasteiger partial charge in [-0.05, 0) is 38.1 Å². The number of amides is 2. The van der Waals surface area contributed by atoms with Crippen LogP contribution in [0.1, 0.15) is 30.3 Å². The zero-order chi connectivity index (χ0) is 15.2. The van der Waals surface area contributed by atoms with E-state index in [1.807, 2.05) is 0 Å². The summed E-state index contributed by atoms with van der Waals surface area (Å²) >= 11 is 0. The van der Waals surface area contributed by atoms with Crippen molar-refractivity contribution in [2.45, 2.75) is 25.8 Å². The maximum Gasteiger partial charge on any atom is 0.354 e. The van der Waals surface area contributed by atoms with E-state index in [0.29, 0.717) is 18.3 Å². The molecule has 1 aliphatic rings. The molecule has 114 valence electrons. The second kappa shape index (κ2) is 7.03. The lowest BCUT2D eigenvalue weighted by atomic mass is 10.2. The quantitative estimate of drug-likeness (QED) is 0.762. The maximum absolute atomic E-state index is 11.8. The van der Waals surface area contributed by atoms with Crippen molar-refractivity contribution in [3.8, 4) is 0 Å². The first-order valence-corrected chi connectivity index (χ1v) is 7.08. The summed E-state index contributed by atoms with van der Waals surface area (Å²) in [5.74, 6) is -1.09. The fourth-order valence-corrected chi connectivity index (χ4v) is 2.52. The van der Waals surface area contributed by atoms with Crippen molar-refractivity contribution in [1.82, 2.24) is 15.2 Å². The van der Waals surface area contributed by atoms with Crippen LogP contribution in [0.3, 0.4) is 0 Å². The van der Waals surface area contributed by atoms with Crippen LogP contribution >= 0.6 is 0 Å². The number of pyridine rings is 1. The van der Waals surface area contributed by atoms with E-state index in [0.717, 1.165) is 19.5 Å². The van der Waals surface area contributed by atoms with E-state index in [2.05, 4.69) is 27.4 Å². The molecule has 1 atom stereocenters. The maximum atomic E-state index is 11.8. The minimum absolute atomic E-state index is 0.0505. The van der Waals surface area contributed by atoms with Gasteiger partial charge in [0.25, 0.3) is 0 Å². The molecule has 7 nitrogen and oxygen atoms in total. The topological polar surface area (TPSA) is 94.6 Å². The van der Waals surface area contributed by atoms with Gasteiger partial charge in [0.2, 0.25) is 0 Å². The van der Waals surface area contributed by atoms with Crippen LogP contribution in [-0.4, -0.2) is 52.7 Å². The number of carbonyl (C=O) groups excluding carboxylic acids is 1. The van der Waals surface area contributed by atoms with Crippen LogP contribution in [0.15, 0.2) is 18.3 Å². The van der Waals surface area contributed by atoms with Crippen LogP contribution < -0.4 is 10.6 Å². The molecule has 0 saturated carbocycles. The zero-order valence-electron chi connectivity index (χ0n) is 12.0. The van der Waals surface area contributed by atoms with Crippen molar-refractivity contribution in [2.75, 3.05) is 25.0 Å². The Kier molecular flexibility index (Phi) is 5.10. The molecule has 0 radical (unpaired) electrons. The lowest BCUT2D eigenvalue weighted by molar-refractivity contribution is 0.0690. The van der Waals surface area contributed by atoms with E-state index in [1.165, 1.54) is 24.8 Å². The molecule has 7 heteroatoms. The second-order valence-electron chi connectivity index (χ2n) is 5.00. The zero-order valence-corrected chi connectivity index (χ0v) is 12.0. The molecule has 2 rings (SSSR count). The summed E-state index contributed by atoms with van der Waals surface area (Å²) in [7, 11) is 0. The van der Waals surface area contributed by atoms with E-state index in [1.54, 1.807) is 0 Å². The van der Waals surface area contributed by atoms with E-state index < -0.39 is 5.97 Å². The van der Waals surface area contributed by atoms with Gasteiger partial charge in [-0.2, -0.15) is 0 Å². The summed E-state index contributed by atoms with van der Waals surface area (Å²) in [5.41, 5.74) is 0.418.